The number of hydrogen-bond acceptors (Lipinski definition) is 4. The maximum Gasteiger partial charge on any atom is 0.224 e. The Bertz CT molecular complexity index is 782. The van der Waals surface area contributed by atoms with Gasteiger partial charge in [-0.25, -0.2) is 0 Å². The first-order chi connectivity index (χ1) is 13.2. The fourth-order valence-corrected chi connectivity index (χ4v) is 4.32. The monoisotopic (exact) mass is 371 g/mol. The number of piperidine rings is 1. The summed E-state index contributed by atoms with van der Waals surface area (Å²) in [5, 5.41) is 4.23. The highest BCUT2D eigenvalue weighted by atomic mass is 16.5. The summed E-state index contributed by atoms with van der Waals surface area (Å²) in [6.07, 6.45) is 4.26. The number of methoxy groups -OCH3 is 1. The molecule has 3 heterocycles. The fraction of sp³-hybridized carbons (Fsp3) is 0.571. The zero-order valence-electron chi connectivity index (χ0n) is 16.0. The lowest BCUT2D eigenvalue weighted by Gasteiger charge is -2.39. The van der Waals surface area contributed by atoms with Gasteiger partial charge in [0.05, 0.1) is 19.6 Å². The van der Waals surface area contributed by atoms with Crippen LogP contribution in [-0.2, 0) is 16.1 Å². The van der Waals surface area contributed by atoms with Gasteiger partial charge in [0.25, 0.3) is 0 Å². The summed E-state index contributed by atoms with van der Waals surface area (Å²) < 4.78 is 10.7. The lowest BCUT2D eigenvalue weighted by molar-refractivity contribution is -0.127. The predicted molar refractivity (Wildman–Crippen MR) is 105 cm³/mol. The van der Waals surface area contributed by atoms with Crippen molar-refractivity contribution in [2.45, 2.75) is 38.3 Å². The molecular weight excluding hydrogens is 342 g/mol. The molecule has 2 aliphatic heterocycles. The van der Waals surface area contributed by atoms with Crippen molar-refractivity contribution < 1.29 is 14.3 Å². The number of fused-ring (bicyclic) bond motifs is 1. The number of H-pyrrole nitrogens is 1. The number of aromatic amines is 1. The van der Waals surface area contributed by atoms with E-state index in [1.165, 1.54) is 0 Å². The van der Waals surface area contributed by atoms with E-state index in [-0.39, 0.29) is 11.8 Å². The van der Waals surface area contributed by atoms with Gasteiger partial charge in [0.2, 0.25) is 5.91 Å². The number of ether oxygens (including phenoxy) is 2. The van der Waals surface area contributed by atoms with Crippen molar-refractivity contribution in [3.05, 3.63) is 30.0 Å². The average molecular weight is 371 g/mol. The number of aromatic nitrogens is 1. The van der Waals surface area contributed by atoms with Crippen LogP contribution in [-0.4, -0.2) is 55.2 Å². The topological polar surface area (TPSA) is 66.6 Å². The molecule has 0 aliphatic carbocycles. The molecule has 0 unspecified atom stereocenters. The zero-order valence-corrected chi connectivity index (χ0v) is 16.0. The van der Waals surface area contributed by atoms with E-state index in [2.05, 4.69) is 21.3 Å². The summed E-state index contributed by atoms with van der Waals surface area (Å²) in [7, 11) is 1.67. The van der Waals surface area contributed by atoms with Crippen LogP contribution in [0.15, 0.2) is 24.3 Å². The molecule has 6 nitrogen and oxygen atoms in total. The molecule has 146 valence electrons. The number of amides is 1. The second kappa shape index (κ2) is 8.31. The minimum absolute atomic E-state index is 0.0890. The highest BCUT2D eigenvalue weighted by Crippen LogP contribution is 2.24. The summed E-state index contributed by atoms with van der Waals surface area (Å²) in [5.74, 6) is 1.10. The average Bonchev–Trinajstić information content (AvgIpc) is 3.14. The third-order valence-corrected chi connectivity index (χ3v) is 5.87. The van der Waals surface area contributed by atoms with Crippen molar-refractivity contribution in [3.63, 3.8) is 0 Å². The van der Waals surface area contributed by atoms with E-state index in [0.29, 0.717) is 12.6 Å². The van der Waals surface area contributed by atoms with Gasteiger partial charge in [-0.1, -0.05) is 0 Å². The number of nitrogens with zero attached hydrogens (tertiary/aromatic N) is 1. The largest absolute Gasteiger partial charge is 0.497 e. The summed E-state index contributed by atoms with van der Waals surface area (Å²) in [6, 6.07) is 8.61. The SMILES string of the molecule is COc1ccc2[nH]c(CNC(=O)[C@@H]3CCCN(C4CCOCC4)C3)cc2c1. The number of rotatable bonds is 5. The highest BCUT2D eigenvalue weighted by molar-refractivity contribution is 5.82. The van der Waals surface area contributed by atoms with Crippen LogP contribution in [0.3, 0.4) is 0 Å². The van der Waals surface area contributed by atoms with Gasteiger partial charge < -0.3 is 19.8 Å². The molecule has 0 saturated carbocycles. The third kappa shape index (κ3) is 4.28. The lowest BCUT2D eigenvalue weighted by atomic mass is 9.94. The normalized spacial score (nSPS) is 22.0. The van der Waals surface area contributed by atoms with Gasteiger partial charge in [-0.3, -0.25) is 9.69 Å². The van der Waals surface area contributed by atoms with Crippen molar-refractivity contribution in [1.82, 2.24) is 15.2 Å². The smallest absolute Gasteiger partial charge is 0.224 e. The first-order valence-corrected chi connectivity index (χ1v) is 9.98. The molecule has 0 spiro atoms. The molecule has 2 aliphatic rings. The Morgan fingerprint density at radius 1 is 1.30 bits per heavy atom. The first-order valence-electron chi connectivity index (χ1n) is 9.98. The Labute approximate surface area is 160 Å². The summed E-state index contributed by atoms with van der Waals surface area (Å²) >= 11 is 0. The number of carbonyl (C=O) groups excluding carboxylic acids is 1. The number of nitrogens with one attached hydrogen (secondary N) is 2. The Kier molecular flexibility index (Phi) is 5.64. The quantitative estimate of drug-likeness (QED) is 0.848. The van der Waals surface area contributed by atoms with Crippen molar-refractivity contribution in [2.75, 3.05) is 33.4 Å². The van der Waals surface area contributed by atoms with Crippen LogP contribution in [0.4, 0.5) is 0 Å². The Morgan fingerprint density at radius 3 is 2.96 bits per heavy atom. The van der Waals surface area contributed by atoms with E-state index in [1.54, 1.807) is 7.11 Å². The maximum absolute atomic E-state index is 12.7. The zero-order chi connectivity index (χ0) is 18.6. The molecule has 6 heteroatoms. The van der Waals surface area contributed by atoms with E-state index in [9.17, 15) is 4.79 Å². The van der Waals surface area contributed by atoms with Crippen LogP contribution in [0, 0.1) is 5.92 Å². The second-order valence-electron chi connectivity index (χ2n) is 7.64. The van der Waals surface area contributed by atoms with Gasteiger partial charge in [0, 0.05) is 42.4 Å². The van der Waals surface area contributed by atoms with Crippen molar-refractivity contribution in [3.8, 4) is 5.75 Å². The van der Waals surface area contributed by atoms with Gasteiger partial charge in [0.15, 0.2) is 0 Å². The summed E-state index contributed by atoms with van der Waals surface area (Å²) in [6.45, 7) is 4.22. The molecule has 1 amide bonds. The number of benzene rings is 1. The number of carbonyl (C=O) groups is 1. The highest BCUT2D eigenvalue weighted by Gasteiger charge is 2.30. The van der Waals surface area contributed by atoms with E-state index < -0.39 is 0 Å². The van der Waals surface area contributed by atoms with E-state index in [4.69, 9.17) is 9.47 Å². The van der Waals surface area contributed by atoms with Crippen LogP contribution >= 0.6 is 0 Å². The molecule has 1 aromatic carbocycles. The van der Waals surface area contributed by atoms with Crippen LogP contribution in [0.2, 0.25) is 0 Å². The van der Waals surface area contributed by atoms with Crippen LogP contribution < -0.4 is 10.1 Å². The molecule has 0 radical (unpaired) electrons. The Morgan fingerprint density at radius 2 is 2.15 bits per heavy atom. The minimum Gasteiger partial charge on any atom is -0.497 e. The standard InChI is InChI=1S/C21H29N3O3/c1-26-19-4-5-20-16(12-19)11-17(23-20)13-22-21(25)15-3-2-8-24(14-15)18-6-9-27-10-7-18/h4-5,11-12,15,18,23H,2-3,6-10,13-14H2,1H3,(H,22,25)/t15-/m1/s1. The minimum atomic E-state index is 0.0890. The third-order valence-electron chi connectivity index (χ3n) is 5.87. The van der Waals surface area contributed by atoms with Crippen molar-refractivity contribution >= 4 is 16.8 Å². The number of hydrogen-bond donors (Lipinski definition) is 2. The second-order valence-corrected chi connectivity index (χ2v) is 7.64. The molecule has 1 aromatic heterocycles. The summed E-state index contributed by atoms with van der Waals surface area (Å²) in [4.78, 5) is 18.6. The molecule has 1 atom stereocenters. The maximum atomic E-state index is 12.7. The Hall–Kier alpha value is -2.05. The van der Waals surface area contributed by atoms with Gasteiger partial charge in [-0.2, -0.15) is 0 Å². The fourth-order valence-electron chi connectivity index (χ4n) is 4.32. The van der Waals surface area contributed by atoms with Crippen LogP contribution in [0.25, 0.3) is 10.9 Å². The lowest BCUT2D eigenvalue weighted by Crippen LogP contribution is -2.48. The Balaban J connectivity index is 1.33. The molecule has 2 N–H and O–H groups in total. The van der Waals surface area contributed by atoms with Gasteiger partial charge in [-0.05, 0) is 56.5 Å². The molecule has 4 rings (SSSR count). The number of likely N-dealkylation sites (tertiary alicyclic amines) is 1. The van der Waals surface area contributed by atoms with Crippen LogP contribution in [0.5, 0.6) is 5.75 Å². The van der Waals surface area contributed by atoms with Gasteiger partial charge in [0.1, 0.15) is 5.75 Å². The first kappa shape index (κ1) is 18.3. The predicted octanol–water partition coefficient (Wildman–Crippen LogP) is 2.68. The molecular formula is C21H29N3O3. The van der Waals surface area contributed by atoms with Gasteiger partial charge in [-0.15, -0.1) is 0 Å². The van der Waals surface area contributed by atoms with E-state index in [0.717, 1.165) is 74.3 Å². The van der Waals surface area contributed by atoms with Crippen molar-refractivity contribution in [2.24, 2.45) is 5.92 Å². The van der Waals surface area contributed by atoms with E-state index in [1.807, 2.05) is 18.2 Å². The molecule has 2 fully saturated rings. The van der Waals surface area contributed by atoms with E-state index >= 15 is 0 Å². The molecule has 0 bridgehead atoms. The van der Waals surface area contributed by atoms with Crippen molar-refractivity contribution in [1.29, 1.82) is 0 Å². The molecule has 2 aromatic rings. The molecule has 2 saturated heterocycles. The summed E-state index contributed by atoms with van der Waals surface area (Å²) in [5.41, 5.74) is 2.08. The van der Waals surface area contributed by atoms with Gasteiger partial charge >= 0.3 is 0 Å². The molecule has 27 heavy (non-hydrogen) atoms. The van der Waals surface area contributed by atoms with Crippen LogP contribution in [0.1, 0.15) is 31.4 Å².